The maximum absolute atomic E-state index is 4.28. The fraction of sp³-hybridized carbons (Fsp3) is 1.00. The second-order valence-electron chi connectivity index (χ2n) is 12.8. The van der Waals surface area contributed by atoms with Gasteiger partial charge in [0.05, 0.1) is 6.54 Å². The van der Waals surface area contributed by atoms with Crippen molar-refractivity contribution in [2.45, 2.75) is 183 Å². The van der Waals surface area contributed by atoms with Crippen LogP contribution in [0.1, 0.15) is 183 Å². The Morgan fingerprint density at radius 1 is 0.304 bits per heavy atom. The summed E-state index contributed by atoms with van der Waals surface area (Å²) in [6.07, 6.45) is 26.4. The molecule has 0 atom stereocenters. The minimum absolute atomic E-state index is 0. The van der Waals surface area contributed by atoms with Gasteiger partial charge in [-0.25, -0.2) is 0 Å². The van der Waals surface area contributed by atoms with Crippen LogP contribution in [0, 0.1) is 0 Å². The molecule has 0 aliphatic carbocycles. The zero-order valence-corrected chi connectivity index (χ0v) is 35.2. The highest BCUT2D eigenvalue weighted by molar-refractivity contribution is 7.82. The third-order valence-corrected chi connectivity index (χ3v) is 15.9. The monoisotopic (exact) mass is 734 g/mol. The zero-order chi connectivity index (χ0) is 32.6. The lowest BCUT2D eigenvalue weighted by molar-refractivity contribution is -0.00100. The largest absolute Gasteiger partial charge is 1.00 e. The molecule has 0 aromatic carbocycles. The standard InChI is InChI=1S/C35H83N7P2.2ClH/c1-8-15-22-29-36-43(37-30-23-16-9-2,38-31-24-17-10-3)42(35-28-21-14-7)44(39-32-25-18-11-4,40-33-26-19-12-5)41-34-27-20-13-6;;/h36-41H,8-35H2,1-7H3;2*1H/q+2;;/p-2. The molecule has 46 heavy (non-hydrogen) atoms. The van der Waals surface area contributed by atoms with Crippen molar-refractivity contribution >= 4 is 15.7 Å². The summed E-state index contributed by atoms with van der Waals surface area (Å²) in [5.41, 5.74) is 0. The average Bonchev–Trinajstić information content (AvgIpc) is 3.03. The highest BCUT2D eigenvalue weighted by Crippen LogP contribution is 2.67. The van der Waals surface area contributed by atoms with Crippen LogP contribution in [-0.4, -0.2) is 50.3 Å². The normalized spacial score (nSPS) is 12.0. The number of rotatable bonds is 36. The molecular weight excluding hydrogens is 651 g/mol. The van der Waals surface area contributed by atoms with Gasteiger partial charge in [-0.15, -0.1) is 30.5 Å². The van der Waals surface area contributed by atoms with Crippen LogP contribution in [0.2, 0.25) is 0 Å². The van der Waals surface area contributed by atoms with E-state index >= 15 is 0 Å². The summed E-state index contributed by atoms with van der Waals surface area (Å²) in [6, 6.07) is 0. The Kier molecular flexibility index (Phi) is 41.9. The van der Waals surface area contributed by atoms with Crippen LogP contribution in [0.3, 0.4) is 0 Å². The van der Waals surface area contributed by atoms with E-state index in [2.05, 4.69) is 83.4 Å². The predicted octanol–water partition coefficient (Wildman–Crippen LogP) is 4.52. The van der Waals surface area contributed by atoms with Crippen molar-refractivity contribution in [2.24, 2.45) is 0 Å². The van der Waals surface area contributed by atoms with E-state index in [4.69, 9.17) is 0 Å². The number of hydrogen-bond acceptors (Lipinski definition) is 7. The van der Waals surface area contributed by atoms with Crippen molar-refractivity contribution in [3.05, 3.63) is 0 Å². The van der Waals surface area contributed by atoms with Gasteiger partial charge in [-0.2, -0.15) is 0 Å². The van der Waals surface area contributed by atoms with E-state index in [0.29, 0.717) is 0 Å². The highest BCUT2D eigenvalue weighted by Gasteiger charge is 2.62. The summed E-state index contributed by atoms with van der Waals surface area (Å²) in [7, 11) is -4.22. The lowest BCUT2D eigenvalue weighted by Crippen LogP contribution is -3.00. The van der Waals surface area contributed by atoms with Gasteiger partial charge in [-0.05, 0) is 44.9 Å². The van der Waals surface area contributed by atoms with E-state index in [9.17, 15) is 0 Å². The van der Waals surface area contributed by atoms with Crippen molar-refractivity contribution in [3.63, 3.8) is 0 Å². The summed E-state index contributed by atoms with van der Waals surface area (Å²) in [6.45, 7) is 23.8. The molecule has 0 bridgehead atoms. The fourth-order valence-electron chi connectivity index (χ4n) is 5.52. The third kappa shape index (κ3) is 24.3. The Labute approximate surface area is 303 Å². The van der Waals surface area contributed by atoms with Crippen LogP contribution in [0.15, 0.2) is 0 Å². The Morgan fingerprint density at radius 2 is 0.500 bits per heavy atom. The van der Waals surface area contributed by atoms with E-state index in [0.717, 1.165) is 45.8 Å². The van der Waals surface area contributed by atoms with Gasteiger partial charge in [0.25, 0.3) is 0 Å². The first kappa shape index (κ1) is 51.5. The van der Waals surface area contributed by atoms with Gasteiger partial charge in [0.2, 0.25) is 0 Å². The van der Waals surface area contributed by atoms with Gasteiger partial charge in [0.15, 0.2) is 0 Å². The topological polar surface area (TPSA) is 75.4 Å². The van der Waals surface area contributed by atoms with E-state index in [-0.39, 0.29) is 24.8 Å². The molecule has 0 unspecified atom stereocenters. The molecule has 0 amide bonds. The first-order chi connectivity index (χ1) is 21.6. The number of nitrogens with one attached hydrogen (secondary N) is 6. The van der Waals surface area contributed by atoms with Crippen molar-refractivity contribution in [2.75, 3.05) is 45.8 Å². The van der Waals surface area contributed by atoms with E-state index < -0.39 is 15.7 Å². The van der Waals surface area contributed by atoms with Gasteiger partial charge >= 0.3 is 15.7 Å². The zero-order valence-electron chi connectivity index (χ0n) is 31.9. The first-order valence-electron chi connectivity index (χ1n) is 19.6. The molecule has 0 aromatic rings. The number of halogens is 2. The minimum atomic E-state index is -2.11. The maximum Gasteiger partial charge on any atom is 0.339 e. The van der Waals surface area contributed by atoms with Crippen molar-refractivity contribution in [1.29, 1.82) is 0 Å². The molecule has 0 fully saturated rings. The molecule has 0 radical (unpaired) electrons. The Bertz CT molecular complexity index is 491. The van der Waals surface area contributed by atoms with Crippen LogP contribution in [0.25, 0.3) is 0 Å². The molecular formula is C35H83Cl2N7P2. The third-order valence-electron chi connectivity index (χ3n) is 8.38. The van der Waals surface area contributed by atoms with E-state index in [1.165, 1.54) is 135 Å². The second kappa shape index (κ2) is 37.4. The Hall–Kier alpha value is 1.16. The molecule has 282 valence electrons. The van der Waals surface area contributed by atoms with Gasteiger partial charge in [-0.3, -0.25) is 0 Å². The molecule has 6 N–H and O–H groups in total. The van der Waals surface area contributed by atoms with Gasteiger partial charge in [-0.1, -0.05) is 138 Å². The van der Waals surface area contributed by atoms with Crippen LogP contribution < -0.4 is 55.3 Å². The summed E-state index contributed by atoms with van der Waals surface area (Å²) < 4.78 is 2.95. The molecule has 7 nitrogen and oxygen atoms in total. The molecule has 0 saturated carbocycles. The molecule has 0 aliphatic rings. The smallest absolute Gasteiger partial charge is 0.339 e. The number of nitrogens with zero attached hydrogens (tertiary/aromatic N) is 1. The summed E-state index contributed by atoms with van der Waals surface area (Å²) >= 11 is 0. The first-order valence-corrected chi connectivity index (χ1v) is 23.1. The molecule has 0 saturated heterocycles. The molecule has 11 heteroatoms. The minimum Gasteiger partial charge on any atom is -1.00 e. The highest BCUT2D eigenvalue weighted by atomic mass is 35.5. The summed E-state index contributed by atoms with van der Waals surface area (Å²) in [5.74, 6) is 0. The van der Waals surface area contributed by atoms with Crippen LogP contribution in [-0.2, 0) is 0 Å². The summed E-state index contributed by atoms with van der Waals surface area (Å²) in [4.78, 5) is 0. The number of unbranched alkanes of at least 4 members (excludes halogenated alkanes) is 14. The van der Waals surface area contributed by atoms with Crippen molar-refractivity contribution < 1.29 is 24.8 Å². The molecule has 0 aliphatic heterocycles. The average molecular weight is 735 g/mol. The van der Waals surface area contributed by atoms with E-state index in [1.54, 1.807) is 0 Å². The second-order valence-corrected chi connectivity index (χ2v) is 18.5. The fourth-order valence-corrected chi connectivity index (χ4v) is 13.7. The Balaban J connectivity index is -0.00000924. The molecule has 0 rings (SSSR count). The van der Waals surface area contributed by atoms with E-state index in [1.807, 2.05) is 0 Å². The quantitative estimate of drug-likeness (QED) is 0.0418. The van der Waals surface area contributed by atoms with Gasteiger partial charge < -0.3 is 24.8 Å². The predicted molar refractivity (Wildman–Crippen MR) is 205 cm³/mol. The van der Waals surface area contributed by atoms with Crippen molar-refractivity contribution in [3.8, 4) is 0 Å². The number of hydrogen-bond donors (Lipinski definition) is 6. The maximum atomic E-state index is 4.28. The SMILES string of the molecule is CCCCCN[P+](NCCCCC)(NCCCCC)N(CCCCC)[P+](NCCCCC)(NCCCCC)NCCCCC.[Cl-].[Cl-]. The Morgan fingerprint density at radius 3 is 0.696 bits per heavy atom. The van der Waals surface area contributed by atoms with Crippen LogP contribution >= 0.6 is 15.7 Å². The molecule has 0 heterocycles. The van der Waals surface area contributed by atoms with Crippen LogP contribution in [0.5, 0.6) is 0 Å². The van der Waals surface area contributed by atoms with Crippen LogP contribution in [0.4, 0.5) is 0 Å². The molecule has 0 aromatic heterocycles. The molecule has 0 spiro atoms. The van der Waals surface area contributed by atoms with Crippen molar-refractivity contribution in [1.82, 2.24) is 35.0 Å². The lowest BCUT2D eigenvalue weighted by Gasteiger charge is -2.41. The summed E-state index contributed by atoms with van der Waals surface area (Å²) in [5, 5.41) is 25.7. The lowest BCUT2D eigenvalue weighted by atomic mass is 10.3. The van der Waals surface area contributed by atoms with Gasteiger partial charge in [0, 0.05) is 43.7 Å². The van der Waals surface area contributed by atoms with Gasteiger partial charge in [0.1, 0.15) is 0 Å².